The van der Waals surface area contributed by atoms with Crippen LogP contribution in [0.25, 0.3) is 0 Å². The first-order chi connectivity index (χ1) is 5.47. The second-order valence-electron chi connectivity index (χ2n) is 3.56. The van der Waals surface area contributed by atoms with E-state index in [4.69, 9.17) is 0 Å². The van der Waals surface area contributed by atoms with E-state index in [9.17, 15) is 0 Å². The lowest BCUT2D eigenvalue weighted by atomic mass is 10.1. The molecule has 0 aliphatic carbocycles. The minimum absolute atomic E-state index is 0.811. The second-order valence-corrected chi connectivity index (χ2v) is 3.56. The molecule has 0 aromatic rings. The van der Waals surface area contributed by atoms with E-state index < -0.39 is 0 Å². The highest BCUT2D eigenvalue weighted by molar-refractivity contribution is 5.51. The van der Waals surface area contributed by atoms with E-state index in [2.05, 4.69) is 16.1 Å². The number of fused-ring (bicyclic) bond motifs is 1. The molecule has 0 bridgehead atoms. The molecule has 0 spiro atoms. The highest BCUT2D eigenvalue weighted by Crippen LogP contribution is 2.10. The number of nitrogens with zero attached hydrogens (tertiary/aromatic N) is 1. The number of hydrogen-bond acceptors (Lipinski definition) is 1. The average Bonchev–Trinajstić information content (AvgIpc) is 2.28. The first-order valence-corrected chi connectivity index (χ1v) is 4.76. The second kappa shape index (κ2) is 3.35. The van der Waals surface area contributed by atoms with Crippen LogP contribution >= 0.6 is 0 Å². The van der Waals surface area contributed by atoms with Crippen molar-refractivity contribution < 1.29 is 4.58 Å². The largest absolute Gasteiger partial charge is 0.310 e. The zero-order valence-electron chi connectivity index (χ0n) is 7.05. The van der Waals surface area contributed by atoms with Gasteiger partial charge in [-0.3, -0.25) is 0 Å². The minimum Gasteiger partial charge on any atom is -0.310 e. The summed E-state index contributed by atoms with van der Waals surface area (Å²) in [6.07, 6.45) is 7.80. The van der Waals surface area contributed by atoms with Gasteiger partial charge in [0.25, 0.3) is 0 Å². The summed E-state index contributed by atoms with van der Waals surface area (Å²) in [5.41, 5.74) is 0. The van der Waals surface area contributed by atoms with Crippen molar-refractivity contribution in [2.75, 3.05) is 19.6 Å². The van der Waals surface area contributed by atoms with Gasteiger partial charge in [-0.1, -0.05) is 0 Å². The lowest BCUT2D eigenvalue weighted by Crippen LogP contribution is -2.35. The van der Waals surface area contributed by atoms with Gasteiger partial charge >= 0.3 is 0 Å². The third-order valence-electron chi connectivity index (χ3n) is 2.72. The molecule has 2 heteroatoms. The summed E-state index contributed by atoms with van der Waals surface area (Å²) in [4.78, 5) is 0. The Kier molecular flexibility index (Phi) is 2.22. The Labute approximate surface area is 68.3 Å². The summed E-state index contributed by atoms with van der Waals surface area (Å²) in [7, 11) is 0. The van der Waals surface area contributed by atoms with Crippen LogP contribution in [0.1, 0.15) is 25.7 Å². The van der Waals surface area contributed by atoms with Crippen molar-refractivity contribution in [2.24, 2.45) is 0 Å². The number of nitrogens with one attached hydrogen (secondary N) is 1. The van der Waals surface area contributed by atoms with Gasteiger partial charge in [-0.15, -0.1) is 0 Å². The predicted octanol–water partition coefficient (Wildman–Crippen LogP) is 0.615. The summed E-state index contributed by atoms with van der Waals surface area (Å²) in [5, 5.41) is 3.48. The Morgan fingerprint density at radius 2 is 2.36 bits per heavy atom. The van der Waals surface area contributed by atoms with E-state index in [1.54, 1.807) is 0 Å². The number of hydrogen-bond donors (Lipinski definition) is 1. The molecule has 2 rings (SSSR count). The standard InChI is InChI=1S/C9H17N2/c1-2-6-11-7-3-5-10-8-9(11)4-1/h6,9-10H,1-5,7-8H2/q+1. The fourth-order valence-corrected chi connectivity index (χ4v) is 2.07. The normalized spacial score (nSPS) is 32.0. The molecule has 1 unspecified atom stereocenters. The van der Waals surface area contributed by atoms with Gasteiger partial charge in [0.05, 0.1) is 6.54 Å². The minimum atomic E-state index is 0.811. The Morgan fingerprint density at radius 3 is 3.36 bits per heavy atom. The summed E-state index contributed by atoms with van der Waals surface area (Å²) in [6.45, 7) is 3.69. The van der Waals surface area contributed by atoms with E-state index in [1.807, 2.05) is 0 Å². The van der Waals surface area contributed by atoms with Gasteiger partial charge in [0.1, 0.15) is 12.8 Å². The smallest absolute Gasteiger partial charge is 0.164 e. The van der Waals surface area contributed by atoms with Gasteiger partial charge in [0.15, 0.2) is 6.04 Å². The Balaban J connectivity index is 2.07. The van der Waals surface area contributed by atoms with E-state index >= 15 is 0 Å². The molecule has 1 atom stereocenters. The average molecular weight is 153 g/mol. The molecule has 1 saturated heterocycles. The molecule has 0 aromatic carbocycles. The molecule has 0 saturated carbocycles. The summed E-state index contributed by atoms with van der Waals surface area (Å²) < 4.78 is 2.55. The molecular weight excluding hydrogens is 136 g/mol. The van der Waals surface area contributed by atoms with Gasteiger partial charge in [0, 0.05) is 25.8 Å². The van der Waals surface area contributed by atoms with Crippen molar-refractivity contribution in [1.29, 1.82) is 0 Å². The van der Waals surface area contributed by atoms with Crippen LogP contribution in [0.2, 0.25) is 0 Å². The van der Waals surface area contributed by atoms with E-state index in [-0.39, 0.29) is 0 Å². The molecule has 1 N–H and O–H groups in total. The van der Waals surface area contributed by atoms with Gasteiger partial charge in [-0.05, 0) is 6.42 Å². The van der Waals surface area contributed by atoms with Crippen LogP contribution in [0.15, 0.2) is 0 Å². The quantitative estimate of drug-likeness (QED) is 0.504. The molecule has 62 valence electrons. The third kappa shape index (κ3) is 1.62. The van der Waals surface area contributed by atoms with Crippen LogP contribution < -0.4 is 5.32 Å². The van der Waals surface area contributed by atoms with Crippen LogP contribution in [0, 0.1) is 0 Å². The van der Waals surface area contributed by atoms with Gasteiger partial charge in [-0.2, -0.15) is 0 Å². The topological polar surface area (TPSA) is 15.0 Å². The fraction of sp³-hybridized carbons (Fsp3) is 0.889. The summed E-state index contributed by atoms with van der Waals surface area (Å²) >= 11 is 0. The highest BCUT2D eigenvalue weighted by atomic mass is 15.1. The van der Waals surface area contributed by atoms with Crippen LogP contribution in [-0.4, -0.2) is 36.5 Å². The molecule has 11 heavy (non-hydrogen) atoms. The Bertz CT molecular complexity index is 163. The van der Waals surface area contributed by atoms with Crippen LogP contribution in [-0.2, 0) is 0 Å². The molecule has 0 aromatic heterocycles. The van der Waals surface area contributed by atoms with Crippen molar-refractivity contribution in [2.45, 2.75) is 31.7 Å². The maximum atomic E-state index is 3.48. The van der Waals surface area contributed by atoms with E-state index in [0.717, 1.165) is 6.04 Å². The van der Waals surface area contributed by atoms with Gasteiger partial charge in [0.2, 0.25) is 0 Å². The molecule has 1 fully saturated rings. The first-order valence-electron chi connectivity index (χ1n) is 4.76. The monoisotopic (exact) mass is 153 g/mol. The zero-order valence-corrected chi connectivity index (χ0v) is 7.05. The third-order valence-corrected chi connectivity index (χ3v) is 2.72. The Hall–Kier alpha value is -0.370. The molecule has 0 radical (unpaired) electrons. The van der Waals surface area contributed by atoms with E-state index in [1.165, 1.54) is 45.3 Å². The maximum Gasteiger partial charge on any atom is 0.164 e. The fourth-order valence-electron chi connectivity index (χ4n) is 2.07. The lowest BCUT2D eigenvalue weighted by Gasteiger charge is -2.16. The molecule has 0 amide bonds. The first kappa shape index (κ1) is 7.29. The summed E-state index contributed by atoms with van der Waals surface area (Å²) in [6, 6.07) is 0.811. The van der Waals surface area contributed by atoms with Gasteiger partial charge < -0.3 is 5.32 Å². The molecular formula is C9H17N2+. The van der Waals surface area contributed by atoms with Crippen molar-refractivity contribution in [3.05, 3.63) is 0 Å². The van der Waals surface area contributed by atoms with Crippen molar-refractivity contribution in [3.63, 3.8) is 0 Å². The lowest BCUT2D eigenvalue weighted by molar-refractivity contribution is -0.562. The van der Waals surface area contributed by atoms with Crippen molar-refractivity contribution >= 4 is 6.21 Å². The molecule has 2 heterocycles. The number of rotatable bonds is 0. The molecule has 2 aliphatic rings. The van der Waals surface area contributed by atoms with Gasteiger partial charge in [-0.25, -0.2) is 4.58 Å². The maximum absolute atomic E-state index is 3.48. The predicted molar refractivity (Wildman–Crippen MR) is 46.3 cm³/mol. The zero-order chi connectivity index (χ0) is 7.52. The van der Waals surface area contributed by atoms with Crippen LogP contribution in [0.4, 0.5) is 0 Å². The van der Waals surface area contributed by atoms with E-state index in [0.29, 0.717) is 0 Å². The van der Waals surface area contributed by atoms with Crippen molar-refractivity contribution in [1.82, 2.24) is 5.32 Å². The van der Waals surface area contributed by atoms with Crippen LogP contribution in [0.3, 0.4) is 0 Å². The van der Waals surface area contributed by atoms with Crippen LogP contribution in [0.5, 0.6) is 0 Å². The highest BCUT2D eigenvalue weighted by Gasteiger charge is 2.24. The summed E-state index contributed by atoms with van der Waals surface area (Å²) in [5.74, 6) is 0. The Morgan fingerprint density at radius 1 is 1.36 bits per heavy atom. The molecule has 2 aliphatic heterocycles. The molecule has 2 nitrogen and oxygen atoms in total. The van der Waals surface area contributed by atoms with Crippen molar-refractivity contribution in [3.8, 4) is 0 Å². The SMILES string of the molecule is C1=[N+]2CCCNCC2CCC1.